The number of fused-ring (bicyclic) bond motifs is 1. The first-order valence-corrected chi connectivity index (χ1v) is 14.1. The Hall–Kier alpha value is -3.43. The lowest BCUT2D eigenvalue weighted by Gasteiger charge is -2.30. The number of aryl methyl sites for hydroxylation is 1. The molecule has 1 atom stereocenters. The molecule has 1 fully saturated rings. The minimum absolute atomic E-state index is 0.201. The second kappa shape index (κ2) is 12.0. The Balaban J connectivity index is 1.27. The second-order valence-corrected chi connectivity index (χ2v) is 10.8. The van der Waals surface area contributed by atoms with E-state index in [2.05, 4.69) is 57.6 Å². The van der Waals surface area contributed by atoms with Gasteiger partial charge < -0.3 is 19.0 Å². The molecule has 1 saturated heterocycles. The van der Waals surface area contributed by atoms with E-state index in [9.17, 15) is 9.59 Å². The Morgan fingerprint density at radius 3 is 2.95 bits per heavy atom. The van der Waals surface area contributed by atoms with E-state index in [1.807, 2.05) is 6.07 Å². The monoisotopic (exact) mass is 534 g/mol. The number of benzene rings is 1. The van der Waals surface area contributed by atoms with Gasteiger partial charge in [-0.3, -0.25) is 14.5 Å². The van der Waals surface area contributed by atoms with Crippen LogP contribution in [-0.4, -0.2) is 57.9 Å². The van der Waals surface area contributed by atoms with Gasteiger partial charge in [0.25, 0.3) is 5.91 Å². The van der Waals surface area contributed by atoms with Crippen molar-refractivity contribution in [2.45, 2.75) is 46.2 Å². The number of oxazole rings is 1. The molecule has 5 rings (SSSR count). The van der Waals surface area contributed by atoms with E-state index in [0.717, 1.165) is 37.9 Å². The number of carbonyl (C=O) groups excluding carboxylic acids is 2. The van der Waals surface area contributed by atoms with Gasteiger partial charge in [0, 0.05) is 48.2 Å². The zero-order valence-electron chi connectivity index (χ0n) is 21.9. The number of hydrogen-bond acceptors (Lipinski definition) is 7. The third-order valence-corrected chi connectivity index (χ3v) is 8.17. The van der Waals surface area contributed by atoms with Crippen LogP contribution in [0.5, 0.6) is 0 Å². The Kier molecular flexibility index (Phi) is 8.24. The fraction of sp³-hybridized carbons (Fsp3) is 0.414. The highest BCUT2D eigenvalue weighted by Crippen LogP contribution is 2.23. The molecule has 1 unspecified atom stereocenters. The van der Waals surface area contributed by atoms with Crippen molar-refractivity contribution in [1.82, 2.24) is 19.8 Å². The third kappa shape index (κ3) is 6.00. The van der Waals surface area contributed by atoms with Crippen molar-refractivity contribution in [3.05, 3.63) is 75.8 Å². The van der Waals surface area contributed by atoms with Gasteiger partial charge >= 0.3 is 5.97 Å². The summed E-state index contributed by atoms with van der Waals surface area (Å²) in [4.78, 5) is 38.6. The predicted molar refractivity (Wildman–Crippen MR) is 147 cm³/mol. The minimum Gasteiger partial charge on any atom is -0.466 e. The quantitative estimate of drug-likeness (QED) is 0.282. The van der Waals surface area contributed by atoms with Crippen molar-refractivity contribution < 1.29 is 18.7 Å². The third-order valence-electron chi connectivity index (χ3n) is 7.17. The number of aromatic amines is 1. The number of para-hydroxylation sites is 1. The summed E-state index contributed by atoms with van der Waals surface area (Å²) in [6.07, 6.45) is 5.91. The number of piperidine rings is 1. The van der Waals surface area contributed by atoms with Crippen LogP contribution in [0.1, 0.15) is 52.1 Å². The van der Waals surface area contributed by atoms with Crippen LogP contribution in [0.2, 0.25) is 0 Å². The van der Waals surface area contributed by atoms with Crippen LogP contribution in [0.15, 0.2) is 52.6 Å². The summed E-state index contributed by atoms with van der Waals surface area (Å²) in [6, 6.07) is 10.5. The maximum absolute atomic E-state index is 13.2. The fourth-order valence-electron chi connectivity index (χ4n) is 5.05. The Bertz CT molecular complexity index is 1390. The number of esters is 1. The average molecular weight is 535 g/mol. The summed E-state index contributed by atoms with van der Waals surface area (Å²) in [6.45, 7) is 7.33. The number of aromatic nitrogens is 2. The zero-order chi connectivity index (χ0) is 26.5. The fourth-order valence-corrected chi connectivity index (χ4v) is 6.00. The molecular formula is C29H34N4O4S. The predicted octanol–water partition coefficient (Wildman–Crippen LogP) is 5.19. The van der Waals surface area contributed by atoms with Crippen LogP contribution in [0, 0.1) is 12.8 Å². The van der Waals surface area contributed by atoms with Gasteiger partial charge in [0.05, 0.1) is 19.1 Å². The molecule has 0 radical (unpaired) electrons. The van der Waals surface area contributed by atoms with E-state index in [1.54, 1.807) is 23.2 Å². The van der Waals surface area contributed by atoms with Gasteiger partial charge in [0.15, 0.2) is 5.69 Å². The summed E-state index contributed by atoms with van der Waals surface area (Å²) >= 11 is 1.75. The molecule has 0 aliphatic carbocycles. The summed E-state index contributed by atoms with van der Waals surface area (Å²) in [5.74, 6) is -0.206. The molecule has 200 valence electrons. The summed E-state index contributed by atoms with van der Waals surface area (Å²) in [5, 5.41) is 3.36. The Morgan fingerprint density at radius 2 is 2.13 bits per heavy atom. The van der Waals surface area contributed by atoms with Gasteiger partial charge in [-0.25, -0.2) is 4.98 Å². The molecule has 1 aromatic carbocycles. The molecule has 1 aliphatic heterocycles. The van der Waals surface area contributed by atoms with Crippen molar-refractivity contribution in [1.29, 1.82) is 0 Å². The number of amides is 1. The van der Waals surface area contributed by atoms with Crippen molar-refractivity contribution in [3.8, 4) is 0 Å². The van der Waals surface area contributed by atoms with Crippen LogP contribution in [0.4, 0.5) is 0 Å². The summed E-state index contributed by atoms with van der Waals surface area (Å²) in [5.41, 5.74) is 3.98. The number of nitrogens with one attached hydrogen (secondary N) is 1. The highest BCUT2D eigenvalue weighted by atomic mass is 32.1. The van der Waals surface area contributed by atoms with Crippen molar-refractivity contribution in [3.63, 3.8) is 0 Å². The first kappa shape index (κ1) is 26.2. The average Bonchev–Trinajstić information content (AvgIpc) is 3.67. The standard InChI is InChI=1S/C29H34N4O4S/c1-3-36-29(35)22-7-6-12-33(16-22)28(34)25-19-37-27(31-25)18-32(17-26-20(2)11-14-38-26)13-10-21-15-30-24-9-5-4-8-23(21)24/h4-5,8-9,11,14-15,19,22,30H,3,6-7,10,12-13,16-18H2,1-2H3. The Labute approximate surface area is 226 Å². The number of carbonyl (C=O) groups is 2. The van der Waals surface area contributed by atoms with Crippen LogP contribution in [-0.2, 0) is 29.0 Å². The molecule has 4 aromatic rings. The van der Waals surface area contributed by atoms with Crippen LogP contribution < -0.4 is 0 Å². The molecule has 38 heavy (non-hydrogen) atoms. The molecule has 9 heteroatoms. The van der Waals surface area contributed by atoms with Gasteiger partial charge in [-0.05, 0) is 61.7 Å². The van der Waals surface area contributed by atoms with E-state index in [4.69, 9.17) is 9.15 Å². The first-order valence-electron chi connectivity index (χ1n) is 13.2. The summed E-state index contributed by atoms with van der Waals surface area (Å²) < 4.78 is 11.0. The van der Waals surface area contributed by atoms with Crippen molar-refractivity contribution in [2.75, 3.05) is 26.2 Å². The topological polar surface area (TPSA) is 91.7 Å². The van der Waals surface area contributed by atoms with Gasteiger partial charge in [-0.15, -0.1) is 11.3 Å². The van der Waals surface area contributed by atoms with E-state index < -0.39 is 0 Å². The number of H-pyrrole nitrogens is 1. The molecule has 1 amide bonds. The first-order chi connectivity index (χ1) is 18.5. The minimum atomic E-state index is -0.284. The van der Waals surface area contributed by atoms with Gasteiger partial charge in [-0.2, -0.15) is 0 Å². The zero-order valence-corrected chi connectivity index (χ0v) is 22.8. The van der Waals surface area contributed by atoms with Gasteiger partial charge in [0.2, 0.25) is 5.89 Å². The SMILES string of the molecule is CCOC(=O)C1CCCN(C(=O)c2coc(CN(CCc3c[nH]c4ccccc34)Cc3sccc3C)n2)C1. The number of likely N-dealkylation sites (tertiary alicyclic amines) is 1. The van der Waals surface area contributed by atoms with Gasteiger partial charge in [0.1, 0.15) is 6.26 Å². The maximum atomic E-state index is 13.2. The number of hydrogen-bond donors (Lipinski definition) is 1. The van der Waals surface area contributed by atoms with E-state index in [1.165, 1.54) is 27.7 Å². The van der Waals surface area contributed by atoms with Crippen molar-refractivity contribution >= 4 is 34.1 Å². The van der Waals surface area contributed by atoms with Crippen molar-refractivity contribution in [2.24, 2.45) is 5.92 Å². The van der Waals surface area contributed by atoms with E-state index >= 15 is 0 Å². The smallest absolute Gasteiger partial charge is 0.310 e. The summed E-state index contributed by atoms with van der Waals surface area (Å²) in [7, 11) is 0. The number of ether oxygens (including phenoxy) is 1. The lowest BCUT2D eigenvalue weighted by atomic mass is 9.98. The lowest BCUT2D eigenvalue weighted by molar-refractivity contribution is -0.149. The molecule has 3 aromatic heterocycles. The Morgan fingerprint density at radius 1 is 1.26 bits per heavy atom. The highest BCUT2D eigenvalue weighted by molar-refractivity contribution is 7.10. The number of nitrogens with zero attached hydrogens (tertiary/aromatic N) is 3. The number of thiophene rings is 1. The molecule has 1 aliphatic rings. The second-order valence-electron chi connectivity index (χ2n) is 9.82. The largest absolute Gasteiger partial charge is 0.466 e. The molecule has 4 heterocycles. The molecule has 8 nitrogen and oxygen atoms in total. The maximum Gasteiger partial charge on any atom is 0.310 e. The number of rotatable bonds is 10. The van der Waals surface area contributed by atoms with Gasteiger partial charge in [-0.1, -0.05) is 18.2 Å². The molecule has 0 spiro atoms. The molecule has 0 saturated carbocycles. The highest BCUT2D eigenvalue weighted by Gasteiger charge is 2.31. The normalized spacial score (nSPS) is 15.9. The van der Waals surface area contributed by atoms with Crippen LogP contribution >= 0.6 is 11.3 Å². The van der Waals surface area contributed by atoms with E-state index in [-0.39, 0.29) is 23.5 Å². The van der Waals surface area contributed by atoms with Crippen LogP contribution in [0.25, 0.3) is 10.9 Å². The molecule has 0 bridgehead atoms. The molecule has 1 N–H and O–H groups in total. The van der Waals surface area contributed by atoms with Crippen LogP contribution in [0.3, 0.4) is 0 Å². The van der Waals surface area contributed by atoms with E-state index in [0.29, 0.717) is 32.1 Å². The lowest BCUT2D eigenvalue weighted by Crippen LogP contribution is -2.43. The molecular weight excluding hydrogens is 500 g/mol.